The Kier molecular flexibility index (Phi) is 3.89. The summed E-state index contributed by atoms with van der Waals surface area (Å²) >= 11 is 1.56. The Morgan fingerprint density at radius 1 is 1.44 bits per heavy atom. The van der Waals surface area contributed by atoms with Crippen molar-refractivity contribution in [3.63, 3.8) is 0 Å². The third-order valence-electron chi connectivity index (χ3n) is 2.49. The lowest BCUT2D eigenvalue weighted by atomic mass is 10.1. The number of anilines is 1. The monoisotopic (exact) mass is 258 g/mol. The van der Waals surface area contributed by atoms with Crippen LogP contribution in [0.3, 0.4) is 0 Å². The molecule has 0 spiro atoms. The minimum absolute atomic E-state index is 0.0407. The topological polar surface area (TPSA) is 56.0 Å². The van der Waals surface area contributed by atoms with Crippen LogP contribution in [0.15, 0.2) is 36.5 Å². The second-order valence-corrected chi connectivity index (χ2v) is 5.22. The largest absolute Gasteiger partial charge is 0.398 e. The van der Waals surface area contributed by atoms with E-state index in [1.54, 1.807) is 35.8 Å². The average Bonchev–Trinajstić information content (AvgIpc) is 2.76. The van der Waals surface area contributed by atoms with E-state index in [1.165, 1.54) is 0 Å². The van der Waals surface area contributed by atoms with Crippen LogP contribution in [0, 0.1) is 6.92 Å². The van der Waals surface area contributed by atoms with Crippen molar-refractivity contribution in [2.24, 2.45) is 0 Å². The molecule has 0 radical (unpaired) electrons. The third-order valence-corrected chi connectivity index (χ3v) is 3.37. The fourth-order valence-corrected chi connectivity index (χ4v) is 2.26. The van der Waals surface area contributed by atoms with Gasteiger partial charge in [0.05, 0.1) is 5.01 Å². The SMILES string of the molecule is Cc1ncc(/C=C/C(=O)Cc2ccccc2N)s1. The molecule has 0 fully saturated rings. The minimum atomic E-state index is 0.0407. The molecule has 0 aliphatic rings. The Labute approximate surface area is 110 Å². The number of nitrogens with two attached hydrogens (primary N) is 1. The highest BCUT2D eigenvalue weighted by molar-refractivity contribution is 7.12. The number of thiazole rings is 1. The fraction of sp³-hybridized carbons (Fsp3) is 0.143. The van der Waals surface area contributed by atoms with Gasteiger partial charge in [0, 0.05) is 23.2 Å². The van der Waals surface area contributed by atoms with Gasteiger partial charge in [0.15, 0.2) is 5.78 Å². The summed E-state index contributed by atoms with van der Waals surface area (Å²) in [4.78, 5) is 16.9. The van der Waals surface area contributed by atoms with E-state index >= 15 is 0 Å². The van der Waals surface area contributed by atoms with E-state index in [0.717, 1.165) is 15.4 Å². The highest BCUT2D eigenvalue weighted by atomic mass is 32.1. The van der Waals surface area contributed by atoms with Gasteiger partial charge in [0.1, 0.15) is 0 Å². The normalized spacial score (nSPS) is 10.9. The number of nitrogen functional groups attached to an aromatic ring is 1. The molecule has 1 heterocycles. The van der Waals surface area contributed by atoms with Gasteiger partial charge in [0.25, 0.3) is 0 Å². The van der Waals surface area contributed by atoms with Crippen LogP contribution >= 0.6 is 11.3 Å². The molecule has 0 amide bonds. The van der Waals surface area contributed by atoms with Gasteiger partial charge in [-0.15, -0.1) is 11.3 Å². The molecule has 2 aromatic rings. The van der Waals surface area contributed by atoms with Gasteiger partial charge in [-0.1, -0.05) is 18.2 Å². The Hall–Kier alpha value is -1.94. The first-order valence-electron chi connectivity index (χ1n) is 5.62. The quantitative estimate of drug-likeness (QED) is 0.677. The van der Waals surface area contributed by atoms with Crippen LogP contribution in [0.2, 0.25) is 0 Å². The number of carbonyl (C=O) groups excluding carboxylic acids is 1. The van der Waals surface area contributed by atoms with Crippen LogP contribution in [-0.4, -0.2) is 10.8 Å². The predicted octanol–water partition coefficient (Wildman–Crippen LogP) is 2.86. The zero-order valence-electron chi connectivity index (χ0n) is 10.1. The molecule has 18 heavy (non-hydrogen) atoms. The second-order valence-electron chi connectivity index (χ2n) is 3.96. The molecule has 4 heteroatoms. The van der Waals surface area contributed by atoms with E-state index in [-0.39, 0.29) is 5.78 Å². The number of carbonyl (C=O) groups is 1. The smallest absolute Gasteiger partial charge is 0.160 e. The Morgan fingerprint density at radius 2 is 2.22 bits per heavy atom. The number of hydrogen-bond donors (Lipinski definition) is 1. The van der Waals surface area contributed by atoms with E-state index in [2.05, 4.69) is 4.98 Å². The lowest BCUT2D eigenvalue weighted by Crippen LogP contribution is -2.01. The van der Waals surface area contributed by atoms with Gasteiger partial charge in [-0.2, -0.15) is 0 Å². The van der Waals surface area contributed by atoms with Crippen molar-refractivity contribution >= 4 is 28.9 Å². The molecule has 0 saturated heterocycles. The van der Waals surface area contributed by atoms with E-state index in [9.17, 15) is 4.79 Å². The van der Waals surface area contributed by atoms with Crippen molar-refractivity contribution in [2.45, 2.75) is 13.3 Å². The first-order valence-corrected chi connectivity index (χ1v) is 6.43. The average molecular weight is 258 g/mol. The number of aryl methyl sites for hydroxylation is 1. The maximum atomic E-state index is 11.8. The van der Waals surface area contributed by atoms with E-state index < -0.39 is 0 Å². The number of rotatable bonds is 4. The summed E-state index contributed by atoms with van der Waals surface area (Å²) in [6.45, 7) is 1.94. The number of ketones is 1. The maximum absolute atomic E-state index is 11.8. The summed E-state index contributed by atoms with van der Waals surface area (Å²) in [5.74, 6) is 0.0407. The Morgan fingerprint density at radius 3 is 2.89 bits per heavy atom. The maximum Gasteiger partial charge on any atom is 0.160 e. The third kappa shape index (κ3) is 3.28. The second kappa shape index (κ2) is 5.60. The molecule has 3 nitrogen and oxygen atoms in total. The first kappa shape index (κ1) is 12.5. The van der Waals surface area contributed by atoms with Crippen molar-refractivity contribution in [1.29, 1.82) is 0 Å². The number of hydrogen-bond acceptors (Lipinski definition) is 4. The molecule has 0 saturated carbocycles. The molecular weight excluding hydrogens is 244 g/mol. The van der Waals surface area contributed by atoms with Crippen molar-refractivity contribution in [3.8, 4) is 0 Å². The number of benzene rings is 1. The van der Waals surface area contributed by atoms with E-state index in [4.69, 9.17) is 5.73 Å². The molecule has 0 bridgehead atoms. The summed E-state index contributed by atoms with van der Waals surface area (Å²) in [6, 6.07) is 7.42. The van der Waals surface area contributed by atoms with Crippen LogP contribution in [-0.2, 0) is 11.2 Å². The first-order chi connectivity index (χ1) is 8.65. The fourth-order valence-electron chi connectivity index (χ4n) is 1.57. The Balaban J connectivity index is 2.01. The van der Waals surface area contributed by atoms with Crippen molar-refractivity contribution in [3.05, 3.63) is 52.0 Å². The van der Waals surface area contributed by atoms with E-state index in [0.29, 0.717) is 12.1 Å². The summed E-state index contributed by atoms with van der Waals surface area (Å²) in [5.41, 5.74) is 7.32. The van der Waals surface area contributed by atoms with Gasteiger partial charge in [-0.05, 0) is 30.7 Å². The summed E-state index contributed by atoms with van der Waals surface area (Å²) < 4.78 is 0. The van der Waals surface area contributed by atoms with Crippen LogP contribution in [0.5, 0.6) is 0 Å². The molecule has 92 valence electrons. The highest BCUT2D eigenvalue weighted by Gasteiger charge is 2.03. The highest BCUT2D eigenvalue weighted by Crippen LogP contribution is 2.14. The lowest BCUT2D eigenvalue weighted by molar-refractivity contribution is -0.113. The van der Waals surface area contributed by atoms with Crippen molar-refractivity contribution in [1.82, 2.24) is 4.98 Å². The van der Waals surface area contributed by atoms with Crippen molar-refractivity contribution in [2.75, 3.05) is 5.73 Å². The number of nitrogens with zero attached hydrogens (tertiary/aromatic N) is 1. The van der Waals surface area contributed by atoms with Crippen LogP contribution in [0.25, 0.3) is 6.08 Å². The summed E-state index contributed by atoms with van der Waals surface area (Å²) in [5, 5.41) is 0.995. The van der Waals surface area contributed by atoms with Gasteiger partial charge in [-0.3, -0.25) is 4.79 Å². The number of aromatic nitrogens is 1. The molecule has 0 aliphatic carbocycles. The zero-order valence-corrected chi connectivity index (χ0v) is 10.9. The molecular formula is C14H14N2OS. The molecule has 1 aromatic carbocycles. The molecule has 0 aliphatic heterocycles. The summed E-state index contributed by atoms with van der Waals surface area (Å²) in [7, 11) is 0. The van der Waals surface area contributed by atoms with Crippen LogP contribution in [0.4, 0.5) is 5.69 Å². The number of para-hydroxylation sites is 1. The van der Waals surface area contributed by atoms with E-state index in [1.807, 2.05) is 25.1 Å². The van der Waals surface area contributed by atoms with Crippen LogP contribution < -0.4 is 5.73 Å². The molecule has 2 N–H and O–H groups in total. The zero-order chi connectivity index (χ0) is 13.0. The molecule has 0 unspecified atom stereocenters. The Bertz CT molecular complexity index is 587. The minimum Gasteiger partial charge on any atom is -0.398 e. The van der Waals surface area contributed by atoms with Gasteiger partial charge < -0.3 is 5.73 Å². The standard InChI is InChI=1S/C14H14N2OS/c1-10-16-9-13(18-10)7-6-12(17)8-11-4-2-3-5-14(11)15/h2-7,9H,8,15H2,1H3/b7-6+. The van der Waals surface area contributed by atoms with Gasteiger partial charge >= 0.3 is 0 Å². The molecule has 2 rings (SSSR count). The lowest BCUT2D eigenvalue weighted by Gasteiger charge is -2.01. The molecule has 1 aromatic heterocycles. The van der Waals surface area contributed by atoms with Crippen molar-refractivity contribution < 1.29 is 4.79 Å². The predicted molar refractivity (Wildman–Crippen MR) is 75.5 cm³/mol. The van der Waals surface area contributed by atoms with Crippen LogP contribution in [0.1, 0.15) is 15.4 Å². The molecule has 0 atom stereocenters. The van der Waals surface area contributed by atoms with Gasteiger partial charge in [0.2, 0.25) is 0 Å². The van der Waals surface area contributed by atoms with Gasteiger partial charge in [-0.25, -0.2) is 4.98 Å². The summed E-state index contributed by atoms with van der Waals surface area (Å²) in [6.07, 6.45) is 5.48. The number of allylic oxidation sites excluding steroid dienone is 1.